The van der Waals surface area contributed by atoms with Gasteiger partial charge in [-0.15, -0.1) is 0 Å². The molecular weight excluding hydrogens is 265 g/mol. The largest absolute Gasteiger partial charge is 0.333 e. The van der Waals surface area contributed by atoms with Crippen LogP contribution in [0.3, 0.4) is 0 Å². The zero-order valence-electron chi connectivity index (χ0n) is 10.9. The molecule has 5 heteroatoms. The molecular formula is C14H17ClFN3. The lowest BCUT2D eigenvalue weighted by molar-refractivity contribution is 0.599. The van der Waals surface area contributed by atoms with Crippen molar-refractivity contribution >= 4 is 11.6 Å². The fourth-order valence-electron chi connectivity index (χ4n) is 1.82. The van der Waals surface area contributed by atoms with E-state index in [9.17, 15) is 4.39 Å². The SMILES string of the molecule is CCCNCc1cn(Cc2ccc(Cl)cc2F)cn1. The number of nitrogens with zero attached hydrogens (tertiary/aromatic N) is 2. The van der Waals surface area contributed by atoms with E-state index in [1.165, 1.54) is 6.07 Å². The number of rotatable bonds is 6. The van der Waals surface area contributed by atoms with Crippen LogP contribution >= 0.6 is 11.6 Å². The molecule has 19 heavy (non-hydrogen) atoms. The molecule has 0 atom stereocenters. The minimum atomic E-state index is -0.285. The molecule has 1 aromatic carbocycles. The first-order valence-corrected chi connectivity index (χ1v) is 6.72. The van der Waals surface area contributed by atoms with Gasteiger partial charge in [0.15, 0.2) is 0 Å². The number of nitrogens with one attached hydrogen (secondary N) is 1. The molecule has 1 N–H and O–H groups in total. The monoisotopic (exact) mass is 281 g/mol. The summed E-state index contributed by atoms with van der Waals surface area (Å²) >= 11 is 5.73. The van der Waals surface area contributed by atoms with Crippen LogP contribution in [-0.4, -0.2) is 16.1 Å². The van der Waals surface area contributed by atoms with Crippen molar-refractivity contribution in [1.82, 2.24) is 14.9 Å². The fourth-order valence-corrected chi connectivity index (χ4v) is 1.98. The highest BCUT2D eigenvalue weighted by Crippen LogP contribution is 2.15. The van der Waals surface area contributed by atoms with E-state index in [1.54, 1.807) is 18.5 Å². The normalized spacial score (nSPS) is 10.9. The minimum Gasteiger partial charge on any atom is -0.333 e. The van der Waals surface area contributed by atoms with Gasteiger partial charge < -0.3 is 9.88 Å². The standard InChI is InChI=1S/C14H17ClFN3/c1-2-5-17-7-13-9-19(10-18-13)8-11-3-4-12(15)6-14(11)16/h3-4,6,9-10,17H,2,5,7-8H2,1H3. The molecule has 2 rings (SSSR count). The maximum atomic E-state index is 13.7. The summed E-state index contributed by atoms with van der Waals surface area (Å²) in [4.78, 5) is 4.28. The smallest absolute Gasteiger partial charge is 0.129 e. The third kappa shape index (κ3) is 4.04. The van der Waals surface area contributed by atoms with Gasteiger partial charge in [-0.05, 0) is 25.1 Å². The summed E-state index contributed by atoms with van der Waals surface area (Å²) in [5, 5.41) is 3.69. The third-order valence-electron chi connectivity index (χ3n) is 2.79. The lowest BCUT2D eigenvalue weighted by atomic mass is 10.2. The second-order valence-electron chi connectivity index (χ2n) is 4.45. The Balaban J connectivity index is 1.99. The van der Waals surface area contributed by atoms with E-state index >= 15 is 0 Å². The van der Waals surface area contributed by atoms with Crippen molar-refractivity contribution in [2.24, 2.45) is 0 Å². The van der Waals surface area contributed by atoms with Crippen LogP contribution in [0.5, 0.6) is 0 Å². The average molecular weight is 282 g/mol. The number of aromatic nitrogens is 2. The molecule has 0 saturated carbocycles. The van der Waals surface area contributed by atoms with E-state index in [2.05, 4.69) is 17.2 Å². The van der Waals surface area contributed by atoms with Crippen LogP contribution in [0, 0.1) is 5.82 Å². The fraction of sp³-hybridized carbons (Fsp3) is 0.357. The van der Waals surface area contributed by atoms with Crippen molar-refractivity contribution in [2.45, 2.75) is 26.4 Å². The van der Waals surface area contributed by atoms with E-state index < -0.39 is 0 Å². The molecule has 0 aliphatic rings. The molecule has 1 heterocycles. The molecule has 1 aromatic heterocycles. The van der Waals surface area contributed by atoms with E-state index in [0.717, 1.165) is 25.2 Å². The van der Waals surface area contributed by atoms with E-state index in [4.69, 9.17) is 11.6 Å². The summed E-state index contributed by atoms with van der Waals surface area (Å²) < 4.78 is 15.5. The summed E-state index contributed by atoms with van der Waals surface area (Å²) in [6, 6.07) is 4.73. The highest BCUT2D eigenvalue weighted by molar-refractivity contribution is 6.30. The summed E-state index contributed by atoms with van der Waals surface area (Å²) in [6.45, 7) is 4.29. The zero-order chi connectivity index (χ0) is 13.7. The van der Waals surface area contributed by atoms with Crippen molar-refractivity contribution in [1.29, 1.82) is 0 Å². The van der Waals surface area contributed by atoms with Gasteiger partial charge in [-0.2, -0.15) is 0 Å². The molecule has 0 spiro atoms. The lowest BCUT2D eigenvalue weighted by Gasteiger charge is -2.04. The predicted molar refractivity (Wildman–Crippen MR) is 74.7 cm³/mol. The Labute approximate surface area is 117 Å². The Kier molecular flexibility index (Phi) is 4.93. The van der Waals surface area contributed by atoms with Gasteiger partial charge in [0.25, 0.3) is 0 Å². The Bertz CT molecular complexity index is 539. The van der Waals surface area contributed by atoms with Crippen molar-refractivity contribution in [3.63, 3.8) is 0 Å². The molecule has 0 amide bonds. The number of hydrogen-bond acceptors (Lipinski definition) is 2. The van der Waals surface area contributed by atoms with Gasteiger partial charge in [-0.1, -0.05) is 24.6 Å². The summed E-state index contributed by atoms with van der Waals surface area (Å²) in [5.74, 6) is -0.285. The Morgan fingerprint density at radius 1 is 1.42 bits per heavy atom. The molecule has 0 radical (unpaired) electrons. The van der Waals surface area contributed by atoms with Gasteiger partial charge in [0.05, 0.1) is 18.6 Å². The number of imidazole rings is 1. The number of benzene rings is 1. The maximum Gasteiger partial charge on any atom is 0.129 e. The Hall–Kier alpha value is -1.39. The summed E-state index contributed by atoms with van der Waals surface area (Å²) in [7, 11) is 0. The molecule has 0 aliphatic heterocycles. The second kappa shape index (κ2) is 6.68. The quantitative estimate of drug-likeness (QED) is 0.824. The van der Waals surface area contributed by atoms with Crippen molar-refractivity contribution < 1.29 is 4.39 Å². The molecule has 0 aliphatic carbocycles. The second-order valence-corrected chi connectivity index (χ2v) is 4.89. The first-order valence-electron chi connectivity index (χ1n) is 6.34. The van der Waals surface area contributed by atoms with Gasteiger partial charge in [0, 0.05) is 23.3 Å². The highest BCUT2D eigenvalue weighted by atomic mass is 35.5. The van der Waals surface area contributed by atoms with Crippen LogP contribution in [0.1, 0.15) is 24.6 Å². The van der Waals surface area contributed by atoms with Crippen LogP contribution in [0.25, 0.3) is 0 Å². The first kappa shape index (κ1) is 14.0. The Morgan fingerprint density at radius 3 is 3.00 bits per heavy atom. The first-order chi connectivity index (χ1) is 9.19. The van der Waals surface area contributed by atoms with E-state index in [0.29, 0.717) is 17.1 Å². The van der Waals surface area contributed by atoms with Gasteiger partial charge in [0.1, 0.15) is 5.82 Å². The van der Waals surface area contributed by atoms with Crippen molar-refractivity contribution in [3.8, 4) is 0 Å². The summed E-state index contributed by atoms with van der Waals surface area (Å²) in [5.41, 5.74) is 1.57. The van der Waals surface area contributed by atoms with Gasteiger partial charge in [-0.25, -0.2) is 9.37 Å². The molecule has 2 aromatic rings. The molecule has 102 valence electrons. The molecule has 0 fully saturated rings. The van der Waals surface area contributed by atoms with Gasteiger partial charge in [-0.3, -0.25) is 0 Å². The van der Waals surface area contributed by atoms with Crippen molar-refractivity contribution in [2.75, 3.05) is 6.54 Å². The van der Waals surface area contributed by atoms with Crippen LogP contribution in [0.4, 0.5) is 4.39 Å². The van der Waals surface area contributed by atoms with Crippen LogP contribution in [0.2, 0.25) is 5.02 Å². The number of hydrogen-bond donors (Lipinski definition) is 1. The van der Waals surface area contributed by atoms with Crippen LogP contribution < -0.4 is 5.32 Å². The Morgan fingerprint density at radius 2 is 2.26 bits per heavy atom. The van der Waals surface area contributed by atoms with E-state index in [-0.39, 0.29) is 5.82 Å². The summed E-state index contributed by atoms with van der Waals surface area (Å²) in [6.07, 6.45) is 4.74. The van der Waals surface area contributed by atoms with Gasteiger partial charge in [0.2, 0.25) is 0 Å². The third-order valence-corrected chi connectivity index (χ3v) is 3.02. The lowest BCUT2D eigenvalue weighted by Crippen LogP contribution is -2.13. The average Bonchev–Trinajstić information content (AvgIpc) is 2.81. The number of halogens is 2. The molecule has 0 saturated heterocycles. The molecule has 0 bridgehead atoms. The van der Waals surface area contributed by atoms with Crippen molar-refractivity contribution in [3.05, 3.63) is 52.8 Å². The predicted octanol–water partition coefficient (Wildman–Crippen LogP) is 3.22. The maximum absolute atomic E-state index is 13.7. The minimum absolute atomic E-state index is 0.285. The molecule has 3 nitrogen and oxygen atoms in total. The highest BCUT2D eigenvalue weighted by Gasteiger charge is 2.05. The topological polar surface area (TPSA) is 29.9 Å². The molecule has 0 unspecified atom stereocenters. The zero-order valence-corrected chi connectivity index (χ0v) is 11.6. The van der Waals surface area contributed by atoms with Gasteiger partial charge >= 0.3 is 0 Å². The van der Waals surface area contributed by atoms with E-state index in [1.807, 2.05) is 10.8 Å². The van der Waals surface area contributed by atoms with Crippen LogP contribution in [0.15, 0.2) is 30.7 Å². The van der Waals surface area contributed by atoms with Crippen LogP contribution in [-0.2, 0) is 13.1 Å².